The summed E-state index contributed by atoms with van der Waals surface area (Å²) in [6, 6.07) is 3.45. The van der Waals surface area contributed by atoms with E-state index in [9.17, 15) is 8.78 Å². The first-order chi connectivity index (χ1) is 6.59. The molecule has 2 nitrogen and oxygen atoms in total. The third-order valence-electron chi connectivity index (χ3n) is 1.77. The van der Waals surface area contributed by atoms with Gasteiger partial charge in [0.2, 0.25) is 0 Å². The molecule has 1 rings (SSSR count). The van der Waals surface area contributed by atoms with E-state index in [-0.39, 0.29) is 6.54 Å². The highest BCUT2D eigenvalue weighted by Crippen LogP contribution is 2.08. The van der Waals surface area contributed by atoms with Gasteiger partial charge < -0.3 is 10.4 Å². The molecule has 0 bridgehead atoms. The van der Waals surface area contributed by atoms with E-state index in [2.05, 4.69) is 5.32 Å². The summed E-state index contributed by atoms with van der Waals surface area (Å²) in [5.41, 5.74) is 0.395. The zero-order valence-corrected chi connectivity index (χ0v) is 7.93. The number of benzene rings is 1. The normalized spacial score (nSPS) is 12.9. The van der Waals surface area contributed by atoms with E-state index in [1.54, 1.807) is 6.92 Å². The van der Waals surface area contributed by atoms with Crippen molar-refractivity contribution in [2.45, 2.75) is 19.6 Å². The van der Waals surface area contributed by atoms with Crippen LogP contribution in [0.2, 0.25) is 0 Å². The van der Waals surface area contributed by atoms with Crippen LogP contribution in [0.25, 0.3) is 0 Å². The molecule has 14 heavy (non-hydrogen) atoms. The Morgan fingerprint density at radius 2 is 2.14 bits per heavy atom. The average Bonchev–Trinajstić information content (AvgIpc) is 2.08. The number of nitrogens with one attached hydrogen (secondary N) is 1. The maximum Gasteiger partial charge on any atom is 0.130 e. The van der Waals surface area contributed by atoms with Gasteiger partial charge in [0.05, 0.1) is 6.10 Å². The molecule has 0 aliphatic rings. The Morgan fingerprint density at radius 1 is 1.43 bits per heavy atom. The lowest BCUT2D eigenvalue weighted by atomic mass is 10.2. The molecule has 0 heterocycles. The summed E-state index contributed by atoms with van der Waals surface area (Å²) in [4.78, 5) is 0. The Labute approximate surface area is 81.6 Å². The van der Waals surface area contributed by atoms with Gasteiger partial charge >= 0.3 is 0 Å². The molecule has 78 valence electrons. The summed E-state index contributed by atoms with van der Waals surface area (Å²) < 4.78 is 25.5. The first-order valence-corrected chi connectivity index (χ1v) is 4.42. The van der Waals surface area contributed by atoms with Crippen LogP contribution < -0.4 is 5.32 Å². The second-order valence-corrected chi connectivity index (χ2v) is 3.22. The molecule has 0 unspecified atom stereocenters. The maximum absolute atomic E-state index is 13.0. The van der Waals surface area contributed by atoms with Crippen LogP contribution in [0.1, 0.15) is 12.5 Å². The third-order valence-corrected chi connectivity index (χ3v) is 1.77. The lowest BCUT2D eigenvalue weighted by Crippen LogP contribution is -2.24. The van der Waals surface area contributed by atoms with Crippen molar-refractivity contribution < 1.29 is 13.9 Å². The molecule has 1 atom stereocenters. The molecular weight excluding hydrogens is 188 g/mol. The standard InChI is InChI=1S/C10H13F2NO/c1-7(14)5-13-6-8-2-3-9(11)4-10(8)12/h2-4,7,13-14H,5-6H2,1H3/t7-/m0/s1. The molecule has 0 aliphatic heterocycles. The summed E-state index contributed by atoms with van der Waals surface area (Å²) >= 11 is 0. The fourth-order valence-electron chi connectivity index (χ4n) is 1.08. The Kier molecular flexibility index (Phi) is 3.98. The quantitative estimate of drug-likeness (QED) is 0.772. The summed E-state index contributed by atoms with van der Waals surface area (Å²) in [6.45, 7) is 2.31. The van der Waals surface area contributed by atoms with Gasteiger partial charge in [-0.25, -0.2) is 8.78 Å². The lowest BCUT2D eigenvalue weighted by Gasteiger charge is -2.07. The number of aliphatic hydroxyl groups is 1. The molecule has 0 radical (unpaired) electrons. The predicted octanol–water partition coefficient (Wildman–Crippen LogP) is 1.44. The van der Waals surface area contributed by atoms with Crippen molar-refractivity contribution in [3.63, 3.8) is 0 Å². The number of rotatable bonds is 4. The summed E-state index contributed by atoms with van der Waals surface area (Å²) in [7, 11) is 0. The first-order valence-electron chi connectivity index (χ1n) is 4.42. The van der Waals surface area contributed by atoms with Crippen molar-refractivity contribution in [3.05, 3.63) is 35.4 Å². The number of hydrogen-bond donors (Lipinski definition) is 2. The highest BCUT2D eigenvalue weighted by atomic mass is 19.1. The lowest BCUT2D eigenvalue weighted by molar-refractivity contribution is 0.191. The summed E-state index contributed by atoms with van der Waals surface area (Å²) in [5.74, 6) is -1.15. The minimum Gasteiger partial charge on any atom is -0.392 e. The molecule has 2 N–H and O–H groups in total. The van der Waals surface area contributed by atoms with E-state index >= 15 is 0 Å². The number of hydrogen-bond acceptors (Lipinski definition) is 2. The van der Waals surface area contributed by atoms with Crippen molar-refractivity contribution in [1.29, 1.82) is 0 Å². The maximum atomic E-state index is 13.0. The average molecular weight is 201 g/mol. The minimum atomic E-state index is -0.582. The van der Waals surface area contributed by atoms with Crippen molar-refractivity contribution in [2.75, 3.05) is 6.54 Å². The van der Waals surface area contributed by atoms with Gasteiger partial charge in [-0.2, -0.15) is 0 Å². The Hall–Kier alpha value is -1.00. The van der Waals surface area contributed by atoms with E-state index in [4.69, 9.17) is 5.11 Å². The molecule has 0 fully saturated rings. The molecular formula is C10H13F2NO. The Bertz CT molecular complexity index is 302. The van der Waals surface area contributed by atoms with Gasteiger partial charge in [0.15, 0.2) is 0 Å². The fraction of sp³-hybridized carbons (Fsp3) is 0.400. The smallest absolute Gasteiger partial charge is 0.130 e. The van der Waals surface area contributed by atoms with Crippen LogP contribution in [0.3, 0.4) is 0 Å². The minimum absolute atomic E-state index is 0.289. The van der Waals surface area contributed by atoms with Gasteiger partial charge in [0.25, 0.3) is 0 Å². The van der Waals surface area contributed by atoms with Gasteiger partial charge in [-0.05, 0) is 13.0 Å². The highest BCUT2D eigenvalue weighted by Gasteiger charge is 2.03. The zero-order chi connectivity index (χ0) is 10.6. The third kappa shape index (κ3) is 3.40. The van der Waals surface area contributed by atoms with Crippen LogP contribution in [0.15, 0.2) is 18.2 Å². The second-order valence-electron chi connectivity index (χ2n) is 3.22. The monoisotopic (exact) mass is 201 g/mol. The van der Waals surface area contributed by atoms with Crippen LogP contribution in [0, 0.1) is 11.6 Å². The molecule has 0 saturated heterocycles. The molecule has 4 heteroatoms. The van der Waals surface area contributed by atoms with E-state index < -0.39 is 17.7 Å². The van der Waals surface area contributed by atoms with Crippen LogP contribution in [-0.4, -0.2) is 17.8 Å². The van der Waals surface area contributed by atoms with Crippen molar-refractivity contribution in [2.24, 2.45) is 0 Å². The zero-order valence-electron chi connectivity index (χ0n) is 7.93. The fourth-order valence-corrected chi connectivity index (χ4v) is 1.08. The summed E-state index contributed by atoms with van der Waals surface area (Å²) in [5, 5.41) is 11.8. The van der Waals surface area contributed by atoms with E-state index in [1.807, 2.05) is 0 Å². The van der Waals surface area contributed by atoms with Crippen LogP contribution in [0.4, 0.5) is 8.78 Å². The molecule has 1 aromatic carbocycles. The van der Waals surface area contributed by atoms with Gasteiger partial charge in [-0.3, -0.25) is 0 Å². The van der Waals surface area contributed by atoms with Crippen LogP contribution in [-0.2, 0) is 6.54 Å². The van der Waals surface area contributed by atoms with E-state index in [0.29, 0.717) is 12.1 Å². The molecule has 0 amide bonds. The van der Waals surface area contributed by atoms with Gasteiger partial charge in [-0.15, -0.1) is 0 Å². The van der Waals surface area contributed by atoms with Crippen molar-refractivity contribution in [1.82, 2.24) is 5.32 Å². The van der Waals surface area contributed by atoms with E-state index in [0.717, 1.165) is 6.07 Å². The topological polar surface area (TPSA) is 32.3 Å². The molecule has 0 spiro atoms. The predicted molar refractivity (Wildman–Crippen MR) is 49.7 cm³/mol. The summed E-state index contributed by atoms with van der Waals surface area (Å²) in [6.07, 6.45) is -0.474. The molecule has 0 aromatic heterocycles. The largest absolute Gasteiger partial charge is 0.392 e. The first kappa shape index (κ1) is 11.1. The van der Waals surface area contributed by atoms with Crippen molar-refractivity contribution in [3.8, 4) is 0 Å². The second kappa shape index (κ2) is 5.02. The van der Waals surface area contributed by atoms with Crippen LogP contribution in [0.5, 0.6) is 0 Å². The van der Waals surface area contributed by atoms with Crippen LogP contribution >= 0.6 is 0 Å². The SMILES string of the molecule is C[C@H](O)CNCc1ccc(F)cc1F. The van der Waals surface area contributed by atoms with Crippen molar-refractivity contribution >= 4 is 0 Å². The number of halogens is 2. The molecule has 1 aromatic rings. The Balaban J connectivity index is 2.51. The van der Waals surface area contributed by atoms with Gasteiger partial charge in [0.1, 0.15) is 11.6 Å². The highest BCUT2D eigenvalue weighted by molar-refractivity contribution is 5.18. The molecule has 0 saturated carbocycles. The van der Waals surface area contributed by atoms with Gasteiger partial charge in [0, 0.05) is 24.7 Å². The van der Waals surface area contributed by atoms with E-state index in [1.165, 1.54) is 12.1 Å². The van der Waals surface area contributed by atoms with Gasteiger partial charge in [-0.1, -0.05) is 6.07 Å². The Morgan fingerprint density at radius 3 is 2.71 bits per heavy atom. The number of aliphatic hydroxyl groups excluding tert-OH is 1. The molecule has 0 aliphatic carbocycles.